The van der Waals surface area contributed by atoms with Gasteiger partial charge in [0.25, 0.3) is 5.91 Å². The molecule has 2 heterocycles. The highest BCUT2D eigenvalue weighted by atomic mass is 16.2. The lowest BCUT2D eigenvalue weighted by Gasteiger charge is -2.33. The summed E-state index contributed by atoms with van der Waals surface area (Å²) in [5, 5.41) is 6.48. The third-order valence-corrected chi connectivity index (χ3v) is 4.82. The van der Waals surface area contributed by atoms with Crippen LogP contribution in [0.2, 0.25) is 0 Å². The minimum absolute atomic E-state index is 0.0387. The van der Waals surface area contributed by atoms with Crippen LogP contribution in [-0.2, 0) is 4.79 Å². The monoisotopic (exact) mass is 315 g/mol. The summed E-state index contributed by atoms with van der Waals surface area (Å²) in [5.74, 6) is 0.267. The van der Waals surface area contributed by atoms with Crippen LogP contribution in [0.3, 0.4) is 0 Å². The van der Waals surface area contributed by atoms with Crippen molar-refractivity contribution in [1.82, 2.24) is 15.5 Å². The maximum atomic E-state index is 12.4. The van der Waals surface area contributed by atoms with Gasteiger partial charge in [-0.2, -0.15) is 0 Å². The van der Waals surface area contributed by atoms with Crippen LogP contribution in [0, 0.1) is 5.92 Å². The van der Waals surface area contributed by atoms with E-state index in [4.69, 9.17) is 0 Å². The second-order valence-corrected chi connectivity index (χ2v) is 6.48. The Morgan fingerprint density at radius 1 is 1.09 bits per heavy atom. The molecule has 2 amide bonds. The molecule has 1 aromatic rings. The number of amides is 2. The Morgan fingerprint density at radius 2 is 1.83 bits per heavy atom. The molecule has 124 valence electrons. The van der Waals surface area contributed by atoms with Gasteiger partial charge in [0.1, 0.15) is 0 Å². The van der Waals surface area contributed by atoms with E-state index in [2.05, 4.69) is 10.6 Å². The molecule has 5 nitrogen and oxygen atoms in total. The highest BCUT2D eigenvalue weighted by Gasteiger charge is 2.29. The smallest absolute Gasteiger partial charge is 0.253 e. The molecule has 0 aliphatic carbocycles. The first-order valence-electron chi connectivity index (χ1n) is 8.59. The fraction of sp³-hybridized carbons (Fsp3) is 0.556. The topological polar surface area (TPSA) is 61.4 Å². The van der Waals surface area contributed by atoms with Crippen molar-refractivity contribution in [3.8, 4) is 0 Å². The molecule has 1 aromatic carbocycles. The van der Waals surface area contributed by atoms with Gasteiger partial charge in [0.05, 0.1) is 0 Å². The van der Waals surface area contributed by atoms with Crippen molar-refractivity contribution in [2.75, 3.05) is 26.2 Å². The summed E-state index contributed by atoms with van der Waals surface area (Å²) >= 11 is 0. The van der Waals surface area contributed by atoms with Crippen molar-refractivity contribution >= 4 is 11.8 Å². The van der Waals surface area contributed by atoms with Crippen molar-refractivity contribution in [3.63, 3.8) is 0 Å². The van der Waals surface area contributed by atoms with Gasteiger partial charge in [0.2, 0.25) is 5.91 Å². The second kappa shape index (κ2) is 7.59. The number of carbonyl (C=O) groups excluding carboxylic acids is 2. The molecule has 0 radical (unpaired) electrons. The highest BCUT2D eigenvalue weighted by molar-refractivity contribution is 5.94. The van der Waals surface area contributed by atoms with Crippen molar-refractivity contribution in [3.05, 3.63) is 35.9 Å². The van der Waals surface area contributed by atoms with Crippen molar-refractivity contribution in [1.29, 1.82) is 0 Å². The van der Waals surface area contributed by atoms with Crippen LogP contribution in [0.15, 0.2) is 30.3 Å². The molecular weight excluding hydrogens is 290 g/mol. The fourth-order valence-corrected chi connectivity index (χ4v) is 3.40. The standard InChI is InChI=1S/C18H25N3O2/c22-17(20-16-7-4-10-19-13-16)14-8-11-21(12-9-14)18(23)15-5-2-1-3-6-15/h1-3,5-6,14,16,19H,4,7-13H2,(H,20,22)/t16-/m0/s1. The molecule has 2 saturated heterocycles. The summed E-state index contributed by atoms with van der Waals surface area (Å²) < 4.78 is 0. The Hall–Kier alpha value is -1.88. The molecule has 23 heavy (non-hydrogen) atoms. The van der Waals surface area contributed by atoms with Gasteiger partial charge in [0, 0.05) is 37.2 Å². The summed E-state index contributed by atoms with van der Waals surface area (Å²) in [4.78, 5) is 26.6. The summed E-state index contributed by atoms with van der Waals surface area (Å²) in [6.45, 7) is 3.24. The van der Waals surface area contributed by atoms with E-state index in [0.717, 1.165) is 44.3 Å². The quantitative estimate of drug-likeness (QED) is 0.886. The molecule has 0 unspecified atom stereocenters. The molecule has 2 fully saturated rings. The summed E-state index contributed by atoms with van der Waals surface area (Å²) in [6.07, 6.45) is 3.69. The zero-order valence-electron chi connectivity index (χ0n) is 13.5. The number of hydrogen-bond acceptors (Lipinski definition) is 3. The van der Waals surface area contributed by atoms with E-state index in [-0.39, 0.29) is 23.8 Å². The first-order chi connectivity index (χ1) is 11.2. The van der Waals surface area contributed by atoms with Crippen molar-refractivity contribution in [2.24, 2.45) is 5.92 Å². The minimum atomic E-state index is 0.0387. The zero-order valence-corrected chi connectivity index (χ0v) is 13.5. The molecule has 1 atom stereocenters. The Balaban J connectivity index is 1.48. The predicted octanol–water partition coefficient (Wildman–Crippen LogP) is 1.41. The minimum Gasteiger partial charge on any atom is -0.352 e. The van der Waals surface area contributed by atoms with Crippen molar-refractivity contribution < 1.29 is 9.59 Å². The first-order valence-corrected chi connectivity index (χ1v) is 8.59. The van der Waals surface area contributed by atoms with E-state index in [0.29, 0.717) is 13.1 Å². The number of hydrogen-bond donors (Lipinski definition) is 2. The van der Waals surface area contributed by atoms with Gasteiger partial charge in [0.15, 0.2) is 0 Å². The van der Waals surface area contributed by atoms with Crippen LogP contribution in [0.4, 0.5) is 0 Å². The van der Waals surface area contributed by atoms with Crippen LogP contribution in [-0.4, -0.2) is 48.9 Å². The van der Waals surface area contributed by atoms with Gasteiger partial charge < -0.3 is 15.5 Å². The SMILES string of the molecule is O=C(N[C@H]1CCCNC1)C1CCN(C(=O)c2ccccc2)CC1. The maximum absolute atomic E-state index is 12.4. The largest absolute Gasteiger partial charge is 0.352 e. The van der Waals surface area contributed by atoms with Crippen LogP contribution < -0.4 is 10.6 Å². The molecule has 2 N–H and O–H groups in total. The number of benzene rings is 1. The first kappa shape index (κ1) is 16.0. The van der Waals surface area contributed by atoms with E-state index in [9.17, 15) is 9.59 Å². The van der Waals surface area contributed by atoms with Gasteiger partial charge in [-0.1, -0.05) is 18.2 Å². The molecule has 3 rings (SSSR count). The Bertz CT molecular complexity index is 532. The van der Waals surface area contributed by atoms with Gasteiger partial charge in [-0.05, 0) is 44.4 Å². The summed E-state index contributed by atoms with van der Waals surface area (Å²) in [7, 11) is 0. The molecule has 2 aliphatic rings. The number of piperidine rings is 2. The molecule has 2 aliphatic heterocycles. The molecular formula is C18H25N3O2. The third-order valence-electron chi connectivity index (χ3n) is 4.82. The molecule has 0 saturated carbocycles. The average molecular weight is 315 g/mol. The van der Waals surface area contributed by atoms with E-state index in [1.165, 1.54) is 0 Å². The zero-order chi connectivity index (χ0) is 16.1. The average Bonchev–Trinajstić information content (AvgIpc) is 2.63. The maximum Gasteiger partial charge on any atom is 0.253 e. The lowest BCUT2D eigenvalue weighted by molar-refractivity contribution is -0.127. The van der Waals surface area contributed by atoms with Crippen molar-refractivity contribution in [2.45, 2.75) is 31.7 Å². The van der Waals surface area contributed by atoms with Crippen LogP contribution in [0.25, 0.3) is 0 Å². The van der Waals surface area contributed by atoms with E-state index in [1.807, 2.05) is 35.2 Å². The lowest BCUT2D eigenvalue weighted by Crippen LogP contribution is -2.49. The third kappa shape index (κ3) is 4.10. The summed E-state index contributed by atoms with van der Waals surface area (Å²) in [6, 6.07) is 9.62. The lowest BCUT2D eigenvalue weighted by atomic mass is 9.94. The molecule has 5 heteroatoms. The van der Waals surface area contributed by atoms with Crippen LogP contribution in [0.5, 0.6) is 0 Å². The number of likely N-dealkylation sites (tertiary alicyclic amines) is 1. The van der Waals surface area contributed by atoms with Gasteiger partial charge in [-0.3, -0.25) is 9.59 Å². The van der Waals surface area contributed by atoms with Gasteiger partial charge >= 0.3 is 0 Å². The molecule has 0 spiro atoms. The van der Waals surface area contributed by atoms with Crippen LogP contribution >= 0.6 is 0 Å². The number of nitrogens with zero attached hydrogens (tertiary/aromatic N) is 1. The number of nitrogens with one attached hydrogen (secondary N) is 2. The summed E-state index contributed by atoms with van der Waals surface area (Å²) in [5.41, 5.74) is 0.726. The normalized spacial score (nSPS) is 22.6. The van der Waals surface area contributed by atoms with Crippen LogP contribution in [0.1, 0.15) is 36.0 Å². The van der Waals surface area contributed by atoms with E-state index in [1.54, 1.807) is 0 Å². The molecule has 0 aromatic heterocycles. The highest BCUT2D eigenvalue weighted by Crippen LogP contribution is 2.20. The van der Waals surface area contributed by atoms with E-state index >= 15 is 0 Å². The Kier molecular flexibility index (Phi) is 5.28. The van der Waals surface area contributed by atoms with Gasteiger partial charge in [-0.15, -0.1) is 0 Å². The molecule has 0 bridgehead atoms. The number of rotatable bonds is 3. The second-order valence-electron chi connectivity index (χ2n) is 6.48. The number of carbonyl (C=O) groups is 2. The fourth-order valence-electron chi connectivity index (χ4n) is 3.40. The Labute approximate surface area is 137 Å². The predicted molar refractivity (Wildman–Crippen MR) is 89.1 cm³/mol. The van der Waals surface area contributed by atoms with Gasteiger partial charge in [-0.25, -0.2) is 0 Å². The van der Waals surface area contributed by atoms with E-state index < -0.39 is 0 Å². The Morgan fingerprint density at radius 3 is 2.48 bits per heavy atom.